The first-order valence-corrected chi connectivity index (χ1v) is 10.2. The Morgan fingerprint density at radius 2 is 1.76 bits per heavy atom. The maximum atomic E-state index is 13.1. The van der Waals surface area contributed by atoms with Gasteiger partial charge < -0.3 is 9.84 Å². The molecule has 2 aromatic carbocycles. The molecule has 0 radical (unpaired) electrons. The smallest absolute Gasteiger partial charge is 0.507 e. The van der Waals surface area contributed by atoms with Crippen molar-refractivity contribution in [2.45, 2.75) is 26.3 Å². The zero-order chi connectivity index (χ0) is 24.6. The highest BCUT2D eigenvalue weighted by atomic mass is 19.4. The minimum Gasteiger partial charge on any atom is -0.507 e. The Bertz CT molecular complexity index is 1300. The lowest BCUT2D eigenvalue weighted by molar-refractivity contribution is -0.274. The maximum Gasteiger partial charge on any atom is 0.573 e. The van der Waals surface area contributed by atoms with E-state index >= 15 is 0 Å². The molecule has 0 aliphatic carbocycles. The van der Waals surface area contributed by atoms with Crippen molar-refractivity contribution in [2.75, 3.05) is 4.90 Å². The van der Waals surface area contributed by atoms with Crippen LogP contribution in [0.3, 0.4) is 0 Å². The molecule has 34 heavy (non-hydrogen) atoms. The Morgan fingerprint density at radius 1 is 1.00 bits per heavy atom. The highest BCUT2D eigenvalue weighted by molar-refractivity contribution is 6.51. The summed E-state index contributed by atoms with van der Waals surface area (Å²) in [5.74, 6) is -2.94. The second-order valence-corrected chi connectivity index (χ2v) is 7.77. The van der Waals surface area contributed by atoms with Gasteiger partial charge in [-0.15, -0.1) is 13.2 Å². The summed E-state index contributed by atoms with van der Waals surface area (Å²) >= 11 is 0. The van der Waals surface area contributed by atoms with Gasteiger partial charge >= 0.3 is 6.36 Å². The van der Waals surface area contributed by atoms with Gasteiger partial charge in [-0.25, -0.2) is 0 Å². The maximum absolute atomic E-state index is 13.1. The van der Waals surface area contributed by atoms with Gasteiger partial charge in [-0.1, -0.05) is 24.3 Å². The fourth-order valence-electron chi connectivity index (χ4n) is 3.79. The van der Waals surface area contributed by atoms with Crippen molar-refractivity contribution in [1.29, 1.82) is 0 Å². The molecule has 3 aromatic rings. The summed E-state index contributed by atoms with van der Waals surface area (Å²) in [5, 5.41) is 11.1. The molecule has 1 aliphatic rings. The zero-order valence-corrected chi connectivity index (χ0v) is 18.1. The van der Waals surface area contributed by atoms with Crippen LogP contribution in [0, 0.1) is 13.8 Å². The lowest BCUT2D eigenvalue weighted by Gasteiger charge is -2.25. The fourth-order valence-corrected chi connectivity index (χ4v) is 3.79. The number of aliphatic hydroxyl groups is 1. The molecule has 1 aromatic heterocycles. The molecule has 1 amide bonds. The normalized spacial score (nSPS) is 17.8. The average molecular weight is 468 g/mol. The molecule has 174 valence electrons. The number of carbonyl (C=O) groups is 2. The number of rotatable bonds is 4. The van der Waals surface area contributed by atoms with Gasteiger partial charge in [0.15, 0.2) is 0 Å². The number of aromatic nitrogens is 1. The van der Waals surface area contributed by atoms with Gasteiger partial charge in [0.05, 0.1) is 11.3 Å². The summed E-state index contributed by atoms with van der Waals surface area (Å²) in [6.45, 7) is 3.73. The van der Waals surface area contributed by atoms with E-state index in [1.165, 1.54) is 18.3 Å². The molecule has 6 nitrogen and oxygen atoms in total. The quantitative estimate of drug-likeness (QED) is 0.323. The first-order valence-electron chi connectivity index (χ1n) is 10.2. The lowest BCUT2D eigenvalue weighted by atomic mass is 9.96. The van der Waals surface area contributed by atoms with Crippen molar-refractivity contribution in [3.63, 3.8) is 0 Å². The van der Waals surface area contributed by atoms with E-state index in [1.807, 2.05) is 13.8 Å². The fraction of sp³-hybridized carbons (Fsp3) is 0.160. The summed E-state index contributed by atoms with van der Waals surface area (Å²) in [7, 11) is 0. The zero-order valence-electron chi connectivity index (χ0n) is 18.1. The number of nitrogens with zero attached hydrogens (tertiary/aromatic N) is 2. The summed E-state index contributed by atoms with van der Waals surface area (Å²) in [6, 6.07) is 13.5. The Kier molecular flexibility index (Phi) is 5.87. The Morgan fingerprint density at radius 3 is 2.41 bits per heavy atom. The monoisotopic (exact) mass is 468 g/mol. The van der Waals surface area contributed by atoms with E-state index in [-0.39, 0.29) is 17.0 Å². The molecule has 1 unspecified atom stereocenters. The second kappa shape index (κ2) is 8.66. The van der Waals surface area contributed by atoms with Crippen LogP contribution in [0.15, 0.2) is 72.4 Å². The number of carbonyl (C=O) groups excluding carboxylic acids is 2. The van der Waals surface area contributed by atoms with Gasteiger partial charge in [-0.3, -0.25) is 19.5 Å². The van der Waals surface area contributed by atoms with E-state index in [1.54, 1.807) is 36.4 Å². The van der Waals surface area contributed by atoms with Crippen LogP contribution in [-0.4, -0.2) is 28.1 Å². The van der Waals surface area contributed by atoms with Crippen LogP contribution in [0.25, 0.3) is 5.76 Å². The van der Waals surface area contributed by atoms with Crippen molar-refractivity contribution >= 4 is 23.1 Å². The molecule has 2 heterocycles. The third-order valence-electron chi connectivity index (χ3n) is 5.52. The van der Waals surface area contributed by atoms with Gasteiger partial charge in [0, 0.05) is 23.5 Å². The van der Waals surface area contributed by atoms with Gasteiger partial charge in [-0.2, -0.15) is 0 Å². The molecule has 1 atom stereocenters. The molecule has 0 bridgehead atoms. The number of aliphatic hydroxyl groups excluding tert-OH is 1. The molecule has 1 aliphatic heterocycles. The van der Waals surface area contributed by atoms with Gasteiger partial charge in [-0.05, 0) is 55.3 Å². The van der Waals surface area contributed by atoms with E-state index in [4.69, 9.17) is 0 Å². The SMILES string of the molecule is Cc1ccc(/C(O)=C2\C(=O)C(=O)N(c3cccc(OC(F)(F)F)c3)C2c2ccccn2)cc1C. The number of Topliss-reactive ketones (excluding diaryl/α,β-unsaturated/α-hetero) is 1. The number of halogens is 3. The Hall–Kier alpha value is -4.14. The predicted molar refractivity (Wildman–Crippen MR) is 118 cm³/mol. The topological polar surface area (TPSA) is 79.7 Å². The van der Waals surface area contributed by atoms with Crippen molar-refractivity contribution < 1.29 is 32.6 Å². The number of amides is 1. The van der Waals surface area contributed by atoms with Crippen LogP contribution in [0.2, 0.25) is 0 Å². The third kappa shape index (κ3) is 4.36. The van der Waals surface area contributed by atoms with Gasteiger partial charge in [0.25, 0.3) is 11.7 Å². The first-order chi connectivity index (χ1) is 16.1. The van der Waals surface area contributed by atoms with Crippen molar-refractivity contribution in [1.82, 2.24) is 4.98 Å². The number of ether oxygens (including phenoxy) is 1. The number of pyridine rings is 1. The lowest BCUT2D eigenvalue weighted by Crippen LogP contribution is -2.30. The van der Waals surface area contributed by atoms with Crippen LogP contribution < -0.4 is 9.64 Å². The number of anilines is 1. The van der Waals surface area contributed by atoms with Crippen LogP contribution in [0.4, 0.5) is 18.9 Å². The standard InChI is InChI=1S/C25H19F3N2O4/c1-14-9-10-16(12-15(14)2)22(31)20-21(19-8-3-4-11-29-19)30(24(33)23(20)32)17-6-5-7-18(13-17)34-25(26,27)28/h3-13,21,31H,1-2H3/b22-20+. The van der Waals surface area contributed by atoms with E-state index in [2.05, 4.69) is 9.72 Å². The van der Waals surface area contributed by atoms with Crippen LogP contribution in [0.1, 0.15) is 28.4 Å². The molecule has 9 heteroatoms. The molecule has 1 saturated heterocycles. The van der Waals surface area contributed by atoms with E-state index in [9.17, 15) is 27.9 Å². The Balaban J connectivity index is 1.90. The molecule has 1 fully saturated rings. The summed E-state index contributed by atoms with van der Waals surface area (Å²) < 4.78 is 42.2. The minimum atomic E-state index is -4.93. The molecule has 0 saturated carbocycles. The van der Waals surface area contributed by atoms with E-state index in [0.717, 1.165) is 28.2 Å². The largest absolute Gasteiger partial charge is 0.573 e. The first kappa shape index (κ1) is 23.0. The molecule has 4 rings (SSSR count). The Labute approximate surface area is 192 Å². The summed E-state index contributed by atoms with van der Waals surface area (Å²) in [6.07, 6.45) is -3.48. The predicted octanol–water partition coefficient (Wildman–Crippen LogP) is 5.22. The molecular weight excluding hydrogens is 449 g/mol. The third-order valence-corrected chi connectivity index (χ3v) is 5.52. The minimum absolute atomic E-state index is 0.0151. The molecule has 1 N–H and O–H groups in total. The van der Waals surface area contributed by atoms with Crippen molar-refractivity contribution in [3.8, 4) is 5.75 Å². The van der Waals surface area contributed by atoms with Crippen molar-refractivity contribution in [3.05, 3.63) is 94.8 Å². The van der Waals surface area contributed by atoms with E-state index in [0.29, 0.717) is 5.56 Å². The van der Waals surface area contributed by atoms with Crippen molar-refractivity contribution in [2.24, 2.45) is 0 Å². The van der Waals surface area contributed by atoms with Crippen LogP contribution >= 0.6 is 0 Å². The highest BCUT2D eigenvalue weighted by Gasteiger charge is 2.47. The number of hydrogen-bond donors (Lipinski definition) is 1. The second-order valence-electron chi connectivity index (χ2n) is 7.77. The summed E-state index contributed by atoms with van der Waals surface area (Å²) in [5.41, 5.74) is 2.20. The molecular formula is C25H19F3N2O4. The number of hydrogen-bond acceptors (Lipinski definition) is 5. The summed E-state index contributed by atoms with van der Waals surface area (Å²) in [4.78, 5) is 31.5. The van der Waals surface area contributed by atoms with Crippen LogP contribution in [-0.2, 0) is 9.59 Å². The number of benzene rings is 2. The van der Waals surface area contributed by atoms with Crippen LogP contribution in [0.5, 0.6) is 5.75 Å². The number of aryl methyl sites for hydroxylation is 2. The number of alkyl halides is 3. The van der Waals surface area contributed by atoms with Gasteiger partial charge in [0.1, 0.15) is 17.6 Å². The average Bonchev–Trinajstić information content (AvgIpc) is 3.05. The highest BCUT2D eigenvalue weighted by Crippen LogP contribution is 2.42. The number of ketones is 1. The molecule has 0 spiro atoms. The van der Waals surface area contributed by atoms with E-state index < -0.39 is 35.6 Å². The van der Waals surface area contributed by atoms with Gasteiger partial charge in [0.2, 0.25) is 0 Å².